The smallest absolute Gasteiger partial charge is 0.0909 e. The van der Waals surface area contributed by atoms with E-state index in [0.717, 1.165) is 6.54 Å². The molecule has 0 aromatic carbocycles. The Morgan fingerprint density at radius 3 is 2.67 bits per heavy atom. The maximum absolute atomic E-state index is 2.60. The predicted octanol–water partition coefficient (Wildman–Crippen LogP) is 2.21. The number of hydrogen-bond donors (Lipinski definition) is 0. The molecule has 2 rings (SSSR count). The lowest BCUT2D eigenvalue weighted by Gasteiger charge is -2.35. The molecule has 0 spiro atoms. The highest BCUT2D eigenvalue weighted by Gasteiger charge is 2.17. The minimum Gasteiger partial charge on any atom is -0.361 e. The molecule has 3 nitrogen and oxygen atoms in total. The van der Waals surface area contributed by atoms with Crippen molar-refractivity contribution in [1.82, 2.24) is 9.80 Å². The largest absolute Gasteiger partial charge is 0.361 e. The highest BCUT2D eigenvalue weighted by Crippen LogP contribution is 2.22. The molecule has 0 radical (unpaired) electrons. The van der Waals surface area contributed by atoms with Gasteiger partial charge in [0.15, 0.2) is 0 Å². The van der Waals surface area contributed by atoms with Crippen LogP contribution >= 0.6 is 11.3 Å². The lowest BCUT2D eigenvalue weighted by molar-refractivity contribution is 0.237. The molecule has 0 atom stereocenters. The fourth-order valence-electron chi connectivity index (χ4n) is 2.36. The molecular formula is C14H25N3S. The highest BCUT2D eigenvalue weighted by atomic mass is 32.1. The summed E-state index contributed by atoms with van der Waals surface area (Å²) in [5, 5.41) is 3.60. The lowest BCUT2D eigenvalue weighted by atomic mass is 10.3. The van der Waals surface area contributed by atoms with Gasteiger partial charge in [-0.05, 0) is 50.6 Å². The first-order chi connectivity index (χ1) is 8.79. The molecule has 102 valence electrons. The monoisotopic (exact) mass is 267 g/mol. The summed E-state index contributed by atoms with van der Waals surface area (Å²) in [6.07, 6.45) is 1.29. The Labute approximate surface area is 115 Å². The Morgan fingerprint density at radius 1 is 1.28 bits per heavy atom. The Balaban J connectivity index is 1.64. The molecule has 18 heavy (non-hydrogen) atoms. The fourth-order valence-corrected chi connectivity index (χ4v) is 3.15. The summed E-state index contributed by atoms with van der Waals surface area (Å²) in [7, 11) is 2.20. The molecule has 1 fully saturated rings. The first kappa shape index (κ1) is 13.8. The average molecular weight is 267 g/mol. The van der Waals surface area contributed by atoms with Gasteiger partial charge in [-0.15, -0.1) is 11.3 Å². The number of hydrogen-bond acceptors (Lipinski definition) is 4. The molecule has 1 aliphatic heterocycles. The molecule has 0 unspecified atom stereocenters. The third-order valence-electron chi connectivity index (χ3n) is 3.74. The topological polar surface area (TPSA) is 9.72 Å². The second-order valence-electron chi connectivity index (χ2n) is 5.03. The molecule has 1 aromatic rings. The van der Waals surface area contributed by atoms with Crippen molar-refractivity contribution < 1.29 is 0 Å². The maximum Gasteiger partial charge on any atom is 0.0909 e. The van der Waals surface area contributed by atoms with Crippen molar-refractivity contribution in [3.8, 4) is 0 Å². The van der Waals surface area contributed by atoms with E-state index in [-0.39, 0.29) is 0 Å². The van der Waals surface area contributed by atoms with Gasteiger partial charge in [-0.25, -0.2) is 0 Å². The first-order valence-electron chi connectivity index (χ1n) is 6.99. The van der Waals surface area contributed by atoms with Crippen molar-refractivity contribution in [2.75, 3.05) is 57.8 Å². The molecule has 4 heteroatoms. The van der Waals surface area contributed by atoms with Crippen molar-refractivity contribution in [2.45, 2.75) is 13.3 Å². The Bertz CT molecular complexity index is 318. The van der Waals surface area contributed by atoms with E-state index in [1.807, 2.05) is 11.3 Å². The third-order valence-corrected chi connectivity index (χ3v) is 4.67. The van der Waals surface area contributed by atoms with E-state index in [9.17, 15) is 0 Å². The maximum atomic E-state index is 2.60. The van der Waals surface area contributed by atoms with Crippen molar-refractivity contribution in [2.24, 2.45) is 0 Å². The van der Waals surface area contributed by atoms with E-state index in [1.165, 1.54) is 50.7 Å². The van der Waals surface area contributed by atoms with Crippen LogP contribution in [0.1, 0.15) is 13.3 Å². The van der Waals surface area contributed by atoms with Crippen LogP contribution in [0.5, 0.6) is 0 Å². The van der Waals surface area contributed by atoms with Crippen LogP contribution in [-0.2, 0) is 0 Å². The minimum atomic E-state index is 1.16. The Morgan fingerprint density at radius 2 is 2.06 bits per heavy atom. The second-order valence-corrected chi connectivity index (χ2v) is 5.96. The van der Waals surface area contributed by atoms with E-state index in [0.29, 0.717) is 0 Å². The summed E-state index contributed by atoms with van der Waals surface area (Å²) in [5.74, 6) is 0. The molecule has 2 heterocycles. The molecular weight excluding hydrogens is 242 g/mol. The summed E-state index contributed by atoms with van der Waals surface area (Å²) in [4.78, 5) is 7.51. The van der Waals surface area contributed by atoms with E-state index in [4.69, 9.17) is 0 Å². The zero-order valence-corrected chi connectivity index (χ0v) is 12.5. The molecule has 0 amide bonds. The van der Waals surface area contributed by atoms with E-state index >= 15 is 0 Å². The van der Waals surface area contributed by atoms with Gasteiger partial charge in [0.2, 0.25) is 0 Å². The average Bonchev–Trinajstić information content (AvgIpc) is 2.93. The number of piperazine rings is 1. The van der Waals surface area contributed by atoms with Gasteiger partial charge in [0.25, 0.3) is 0 Å². The van der Waals surface area contributed by atoms with Crippen molar-refractivity contribution in [1.29, 1.82) is 0 Å². The third kappa shape index (κ3) is 3.97. The minimum absolute atomic E-state index is 1.16. The van der Waals surface area contributed by atoms with Gasteiger partial charge in [-0.3, -0.25) is 4.90 Å². The Hall–Kier alpha value is -0.580. The number of anilines is 1. The molecule has 0 N–H and O–H groups in total. The zero-order valence-electron chi connectivity index (χ0n) is 11.6. The van der Waals surface area contributed by atoms with Gasteiger partial charge in [0, 0.05) is 26.2 Å². The number of nitrogens with zero attached hydrogens (tertiary/aromatic N) is 3. The van der Waals surface area contributed by atoms with Crippen LogP contribution < -0.4 is 4.90 Å². The van der Waals surface area contributed by atoms with Crippen LogP contribution in [0.4, 0.5) is 5.00 Å². The van der Waals surface area contributed by atoms with Gasteiger partial charge in [-0.1, -0.05) is 6.92 Å². The van der Waals surface area contributed by atoms with Crippen LogP contribution in [0.2, 0.25) is 0 Å². The van der Waals surface area contributed by atoms with Crippen molar-refractivity contribution in [3.05, 3.63) is 17.5 Å². The molecule has 1 aliphatic rings. The van der Waals surface area contributed by atoms with E-state index in [2.05, 4.69) is 46.2 Å². The SMILES string of the molecule is CCN(C)CCCN1CCN(c2cccs2)CC1. The highest BCUT2D eigenvalue weighted by molar-refractivity contribution is 7.14. The van der Waals surface area contributed by atoms with E-state index < -0.39 is 0 Å². The predicted molar refractivity (Wildman–Crippen MR) is 80.8 cm³/mol. The van der Waals surface area contributed by atoms with Crippen LogP contribution in [0.3, 0.4) is 0 Å². The van der Waals surface area contributed by atoms with Crippen LogP contribution in [0.15, 0.2) is 17.5 Å². The molecule has 0 saturated carbocycles. The van der Waals surface area contributed by atoms with Crippen molar-refractivity contribution in [3.63, 3.8) is 0 Å². The number of rotatable bonds is 6. The Kier molecular flexibility index (Phi) is 5.47. The second kappa shape index (κ2) is 7.12. The molecule has 1 aromatic heterocycles. The fraction of sp³-hybridized carbons (Fsp3) is 0.714. The van der Waals surface area contributed by atoms with Gasteiger partial charge in [0.1, 0.15) is 0 Å². The summed E-state index contributed by atoms with van der Waals surface area (Å²) in [6, 6.07) is 4.38. The number of thiophene rings is 1. The lowest BCUT2D eigenvalue weighted by Crippen LogP contribution is -2.46. The first-order valence-corrected chi connectivity index (χ1v) is 7.87. The summed E-state index contributed by atoms with van der Waals surface area (Å²) >= 11 is 1.86. The van der Waals surface area contributed by atoms with Crippen LogP contribution in [0.25, 0.3) is 0 Å². The molecule has 1 saturated heterocycles. The van der Waals surface area contributed by atoms with Gasteiger partial charge >= 0.3 is 0 Å². The summed E-state index contributed by atoms with van der Waals surface area (Å²) < 4.78 is 0. The quantitative estimate of drug-likeness (QED) is 0.782. The van der Waals surface area contributed by atoms with Crippen LogP contribution in [0, 0.1) is 0 Å². The standard InChI is InChI=1S/C14H25N3S/c1-3-15(2)7-5-8-16-9-11-17(12-10-16)14-6-4-13-18-14/h4,6,13H,3,5,7-12H2,1-2H3. The zero-order chi connectivity index (χ0) is 12.8. The van der Waals surface area contributed by atoms with Gasteiger partial charge in [-0.2, -0.15) is 0 Å². The van der Waals surface area contributed by atoms with Gasteiger partial charge < -0.3 is 9.80 Å². The van der Waals surface area contributed by atoms with E-state index in [1.54, 1.807) is 0 Å². The van der Waals surface area contributed by atoms with Crippen molar-refractivity contribution >= 4 is 16.3 Å². The summed E-state index contributed by atoms with van der Waals surface area (Å²) in [5.41, 5.74) is 0. The molecule has 0 bridgehead atoms. The normalized spacial score (nSPS) is 17.6. The molecule has 0 aliphatic carbocycles. The van der Waals surface area contributed by atoms with Gasteiger partial charge in [0.05, 0.1) is 5.00 Å². The van der Waals surface area contributed by atoms with Crippen LogP contribution in [-0.4, -0.2) is 62.7 Å². The summed E-state index contributed by atoms with van der Waals surface area (Å²) in [6.45, 7) is 10.7.